The van der Waals surface area contributed by atoms with Gasteiger partial charge in [0.05, 0.1) is 5.54 Å². The van der Waals surface area contributed by atoms with Crippen molar-refractivity contribution in [1.82, 2.24) is 24.8 Å². The van der Waals surface area contributed by atoms with E-state index in [9.17, 15) is 9.59 Å². The summed E-state index contributed by atoms with van der Waals surface area (Å²) in [6.45, 7) is 9.70. The topological polar surface area (TPSA) is 101 Å². The standard InChI is InChI=1S/C25H36N6O3/c1-16-8-11-30(23(33)34-24(2,3)4)14-18(16)28-22-26-13-17-12-19-21(32)27-15-25(9-6-5-7-10-25)31(19)20(17)29-22/h12-13,16,18H,5-11,14-15H2,1-4H3,(H,27,32)(H,26,28,29)/t16-,18-/m1/s1. The molecule has 1 spiro atoms. The van der Waals surface area contributed by atoms with Gasteiger partial charge in [0.15, 0.2) is 0 Å². The number of aromatic nitrogens is 3. The molecule has 34 heavy (non-hydrogen) atoms. The number of amides is 2. The number of hydrogen-bond donors (Lipinski definition) is 2. The van der Waals surface area contributed by atoms with Gasteiger partial charge in [-0.25, -0.2) is 9.78 Å². The molecule has 2 aromatic heterocycles. The molecule has 2 aliphatic heterocycles. The summed E-state index contributed by atoms with van der Waals surface area (Å²) in [4.78, 5) is 36.6. The molecule has 2 atom stereocenters. The third kappa shape index (κ3) is 4.20. The summed E-state index contributed by atoms with van der Waals surface area (Å²) in [5.74, 6) is 0.848. The van der Waals surface area contributed by atoms with Crippen LogP contribution in [0.25, 0.3) is 11.0 Å². The summed E-state index contributed by atoms with van der Waals surface area (Å²) in [5, 5.41) is 7.47. The minimum absolute atomic E-state index is 0.0152. The lowest BCUT2D eigenvalue weighted by Gasteiger charge is -2.43. The van der Waals surface area contributed by atoms with Gasteiger partial charge in [0.2, 0.25) is 5.95 Å². The van der Waals surface area contributed by atoms with E-state index in [4.69, 9.17) is 9.72 Å². The second-order valence-electron chi connectivity index (χ2n) is 11.2. The molecular formula is C25H36N6O3. The summed E-state index contributed by atoms with van der Waals surface area (Å²) in [5.41, 5.74) is 0.862. The molecule has 2 aromatic rings. The number of fused-ring (bicyclic) bond motifs is 4. The van der Waals surface area contributed by atoms with Crippen LogP contribution in [0.2, 0.25) is 0 Å². The van der Waals surface area contributed by atoms with E-state index >= 15 is 0 Å². The summed E-state index contributed by atoms with van der Waals surface area (Å²) in [6.07, 6.45) is 8.04. The molecule has 0 aromatic carbocycles. The summed E-state index contributed by atoms with van der Waals surface area (Å²) in [7, 11) is 0. The Hall–Kier alpha value is -2.84. The number of rotatable bonds is 2. The Morgan fingerprint density at radius 2 is 2.03 bits per heavy atom. The van der Waals surface area contributed by atoms with Crippen molar-refractivity contribution in [2.75, 3.05) is 25.0 Å². The van der Waals surface area contributed by atoms with Gasteiger partial charge in [-0.3, -0.25) is 4.79 Å². The first kappa shape index (κ1) is 22.9. The summed E-state index contributed by atoms with van der Waals surface area (Å²) >= 11 is 0. The van der Waals surface area contributed by atoms with Crippen LogP contribution in [-0.4, -0.2) is 62.7 Å². The molecule has 9 heteroatoms. The van der Waals surface area contributed by atoms with Crippen LogP contribution in [0.3, 0.4) is 0 Å². The highest BCUT2D eigenvalue weighted by Gasteiger charge is 2.41. The second kappa shape index (κ2) is 8.43. The van der Waals surface area contributed by atoms with Gasteiger partial charge in [-0.2, -0.15) is 4.98 Å². The van der Waals surface area contributed by atoms with E-state index in [1.165, 1.54) is 6.42 Å². The van der Waals surface area contributed by atoms with Crippen molar-refractivity contribution >= 4 is 29.0 Å². The highest BCUT2D eigenvalue weighted by Crippen LogP contribution is 2.40. The molecule has 1 aliphatic carbocycles. The summed E-state index contributed by atoms with van der Waals surface area (Å²) < 4.78 is 7.77. The van der Waals surface area contributed by atoms with E-state index in [0.717, 1.165) is 43.1 Å². The van der Waals surface area contributed by atoms with E-state index in [-0.39, 0.29) is 23.6 Å². The van der Waals surface area contributed by atoms with E-state index in [2.05, 4.69) is 27.1 Å². The van der Waals surface area contributed by atoms with Gasteiger partial charge in [0.1, 0.15) is 16.9 Å². The van der Waals surface area contributed by atoms with Gasteiger partial charge < -0.3 is 24.8 Å². The van der Waals surface area contributed by atoms with Crippen LogP contribution in [-0.2, 0) is 10.3 Å². The van der Waals surface area contributed by atoms with Gasteiger partial charge >= 0.3 is 6.09 Å². The van der Waals surface area contributed by atoms with Gasteiger partial charge in [0, 0.05) is 37.3 Å². The van der Waals surface area contributed by atoms with Crippen LogP contribution in [0.5, 0.6) is 0 Å². The molecule has 4 heterocycles. The first-order valence-electron chi connectivity index (χ1n) is 12.6. The molecule has 1 saturated carbocycles. The molecule has 5 rings (SSSR count). The Bertz CT molecular complexity index is 1100. The lowest BCUT2D eigenvalue weighted by molar-refractivity contribution is 0.0176. The molecule has 0 unspecified atom stereocenters. The maximum atomic E-state index is 12.7. The van der Waals surface area contributed by atoms with Crippen LogP contribution in [0.15, 0.2) is 12.3 Å². The largest absolute Gasteiger partial charge is 0.444 e. The van der Waals surface area contributed by atoms with Crippen LogP contribution in [0.4, 0.5) is 10.7 Å². The predicted molar refractivity (Wildman–Crippen MR) is 130 cm³/mol. The number of nitrogens with zero attached hydrogens (tertiary/aromatic N) is 4. The Morgan fingerprint density at radius 3 is 2.76 bits per heavy atom. The fourth-order valence-electron chi connectivity index (χ4n) is 5.65. The van der Waals surface area contributed by atoms with Crippen LogP contribution >= 0.6 is 0 Å². The van der Waals surface area contributed by atoms with Crippen molar-refractivity contribution in [3.63, 3.8) is 0 Å². The zero-order valence-corrected chi connectivity index (χ0v) is 20.7. The van der Waals surface area contributed by atoms with Gasteiger partial charge in [0.25, 0.3) is 5.91 Å². The molecule has 0 radical (unpaired) electrons. The molecule has 0 bridgehead atoms. The molecule has 1 saturated heterocycles. The van der Waals surface area contributed by atoms with Crippen LogP contribution in [0, 0.1) is 5.92 Å². The Balaban J connectivity index is 1.42. The predicted octanol–water partition coefficient (Wildman–Crippen LogP) is 3.89. The third-order valence-electron chi connectivity index (χ3n) is 7.53. The molecule has 3 aliphatic rings. The Morgan fingerprint density at radius 1 is 1.26 bits per heavy atom. The molecule has 9 nitrogen and oxygen atoms in total. The van der Waals surface area contributed by atoms with Gasteiger partial charge in [-0.1, -0.05) is 26.2 Å². The molecule has 2 amide bonds. The number of ether oxygens (including phenoxy) is 1. The highest BCUT2D eigenvalue weighted by atomic mass is 16.6. The van der Waals surface area contributed by atoms with E-state index in [0.29, 0.717) is 37.2 Å². The normalized spacial score (nSPS) is 24.6. The fraction of sp³-hybridized carbons (Fsp3) is 0.680. The molecule has 2 fully saturated rings. The molecule has 2 N–H and O–H groups in total. The average Bonchev–Trinajstić information content (AvgIpc) is 3.18. The monoisotopic (exact) mass is 468 g/mol. The van der Waals surface area contributed by atoms with Crippen molar-refractivity contribution in [2.24, 2.45) is 5.92 Å². The van der Waals surface area contributed by atoms with Crippen molar-refractivity contribution in [3.05, 3.63) is 18.0 Å². The fourth-order valence-corrected chi connectivity index (χ4v) is 5.65. The minimum Gasteiger partial charge on any atom is -0.444 e. The van der Waals surface area contributed by atoms with Crippen LogP contribution < -0.4 is 10.6 Å². The van der Waals surface area contributed by atoms with Crippen molar-refractivity contribution in [1.29, 1.82) is 0 Å². The maximum Gasteiger partial charge on any atom is 0.410 e. The third-order valence-corrected chi connectivity index (χ3v) is 7.53. The number of anilines is 1. The average molecular weight is 469 g/mol. The zero-order chi connectivity index (χ0) is 24.1. The maximum absolute atomic E-state index is 12.7. The first-order chi connectivity index (χ1) is 16.2. The van der Waals surface area contributed by atoms with Gasteiger partial charge in [-0.15, -0.1) is 0 Å². The minimum atomic E-state index is -0.521. The Labute approximate surface area is 200 Å². The summed E-state index contributed by atoms with van der Waals surface area (Å²) in [6, 6.07) is 1.93. The number of likely N-dealkylation sites (tertiary alicyclic amines) is 1. The lowest BCUT2D eigenvalue weighted by Crippen LogP contribution is -2.52. The lowest BCUT2D eigenvalue weighted by atomic mass is 9.80. The molecule has 184 valence electrons. The van der Waals surface area contributed by atoms with Gasteiger partial charge in [-0.05, 0) is 52.0 Å². The smallest absolute Gasteiger partial charge is 0.410 e. The first-order valence-corrected chi connectivity index (χ1v) is 12.6. The second-order valence-corrected chi connectivity index (χ2v) is 11.2. The number of carbonyl (C=O) groups excluding carboxylic acids is 2. The van der Waals surface area contributed by atoms with Crippen LogP contribution in [0.1, 0.15) is 76.7 Å². The Kier molecular flexibility index (Phi) is 5.68. The van der Waals surface area contributed by atoms with Crippen molar-refractivity contribution < 1.29 is 14.3 Å². The highest BCUT2D eigenvalue weighted by molar-refractivity contribution is 5.99. The quantitative estimate of drug-likeness (QED) is 0.693. The van der Waals surface area contributed by atoms with Crippen molar-refractivity contribution in [3.8, 4) is 0 Å². The number of piperidine rings is 1. The van der Waals surface area contributed by atoms with E-state index < -0.39 is 5.60 Å². The number of hydrogen-bond acceptors (Lipinski definition) is 6. The number of carbonyl (C=O) groups is 2. The van der Waals surface area contributed by atoms with E-state index in [1.54, 1.807) is 11.1 Å². The number of nitrogens with one attached hydrogen (secondary N) is 2. The zero-order valence-electron chi connectivity index (χ0n) is 20.7. The SMILES string of the molecule is C[C@@H]1CCN(C(=O)OC(C)(C)C)C[C@H]1Nc1ncc2cc3n(c2n1)C1(CCCCC1)CNC3=O. The van der Waals surface area contributed by atoms with E-state index in [1.807, 2.05) is 26.8 Å². The van der Waals surface area contributed by atoms with Crippen molar-refractivity contribution in [2.45, 2.75) is 83.4 Å². The molecular weight excluding hydrogens is 432 g/mol.